The first-order valence-electron chi connectivity index (χ1n) is 6.73. The minimum Gasteiger partial charge on any atom is -0.214 e. The number of sulfonamides is 1. The molecule has 0 fully saturated rings. The molecule has 2 aromatic rings. The van der Waals surface area contributed by atoms with Crippen LogP contribution in [0.3, 0.4) is 0 Å². The van der Waals surface area contributed by atoms with Gasteiger partial charge in [0, 0.05) is 12.1 Å². The number of halogens is 1. The summed E-state index contributed by atoms with van der Waals surface area (Å²) in [4.78, 5) is 0. The number of rotatable bonds is 6. The minimum absolute atomic E-state index is 0.0570. The second-order valence-electron chi connectivity index (χ2n) is 5.01. The van der Waals surface area contributed by atoms with E-state index in [2.05, 4.69) is 4.72 Å². The summed E-state index contributed by atoms with van der Waals surface area (Å²) < 4.78 is 40.1. The van der Waals surface area contributed by atoms with Gasteiger partial charge in [-0.15, -0.1) is 0 Å². The van der Waals surface area contributed by atoms with Gasteiger partial charge in [0.1, 0.15) is 5.82 Å². The third-order valence-electron chi connectivity index (χ3n) is 3.28. The van der Waals surface area contributed by atoms with Gasteiger partial charge in [-0.05, 0) is 17.5 Å². The van der Waals surface area contributed by atoms with E-state index in [9.17, 15) is 12.8 Å². The maximum absolute atomic E-state index is 13.5. The third kappa shape index (κ3) is 4.65. The molecule has 0 amide bonds. The van der Waals surface area contributed by atoms with E-state index in [1.807, 2.05) is 37.3 Å². The molecule has 0 aromatic heterocycles. The lowest BCUT2D eigenvalue weighted by Crippen LogP contribution is -2.29. The van der Waals surface area contributed by atoms with Crippen molar-refractivity contribution in [2.45, 2.75) is 18.6 Å². The molecule has 0 heterocycles. The number of hydrogen-bond donors (Lipinski definition) is 1. The first kappa shape index (κ1) is 15.7. The fourth-order valence-corrected chi connectivity index (χ4v) is 3.27. The fourth-order valence-electron chi connectivity index (χ4n) is 2.02. The van der Waals surface area contributed by atoms with Gasteiger partial charge in [-0.2, -0.15) is 0 Å². The molecule has 112 valence electrons. The summed E-state index contributed by atoms with van der Waals surface area (Å²) in [6, 6.07) is 15.6. The Balaban J connectivity index is 1.97. The van der Waals surface area contributed by atoms with E-state index in [-0.39, 0.29) is 17.2 Å². The van der Waals surface area contributed by atoms with Crippen LogP contribution in [0.2, 0.25) is 0 Å². The van der Waals surface area contributed by atoms with Gasteiger partial charge in [-0.25, -0.2) is 17.5 Å². The van der Waals surface area contributed by atoms with E-state index in [0.717, 1.165) is 5.56 Å². The van der Waals surface area contributed by atoms with E-state index in [1.165, 1.54) is 18.2 Å². The highest BCUT2D eigenvalue weighted by Gasteiger charge is 2.15. The van der Waals surface area contributed by atoms with Crippen molar-refractivity contribution < 1.29 is 12.8 Å². The highest BCUT2D eigenvalue weighted by Crippen LogP contribution is 2.15. The molecule has 2 aromatic carbocycles. The standard InChI is InChI=1S/C16H18FNO2S/c1-13(14-7-3-2-4-8-14)11-18-21(19,20)12-15-9-5-6-10-16(15)17/h2-10,13,18H,11-12H2,1H3/t13-/m1/s1. The molecule has 1 N–H and O–H groups in total. The summed E-state index contributed by atoms with van der Waals surface area (Å²) in [7, 11) is -3.55. The second kappa shape index (κ2) is 6.83. The van der Waals surface area contributed by atoms with Gasteiger partial charge in [0.15, 0.2) is 0 Å². The van der Waals surface area contributed by atoms with Crippen molar-refractivity contribution in [2.75, 3.05) is 6.54 Å². The Morgan fingerprint density at radius 2 is 1.67 bits per heavy atom. The van der Waals surface area contributed by atoms with E-state index >= 15 is 0 Å². The van der Waals surface area contributed by atoms with Crippen LogP contribution in [-0.2, 0) is 15.8 Å². The molecular formula is C16H18FNO2S. The molecule has 0 saturated carbocycles. The Bertz CT molecular complexity index is 686. The van der Waals surface area contributed by atoms with Crippen LogP contribution in [0, 0.1) is 5.82 Å². The van der Waals surface area contributed by atoms with Crippen molar-refractivity contribution in [3.8, 4) is 0 Å². The summed E-state index contributed by atoms with van der Waals surface area (Å²) in [5, 5.41) is 0. The van der Waals surface area contributed by atoms with Crippen molar-refractivity contribution >= 4 is 10.0 Å². The smallest absolute Gasteiger partial charge is 0.214 e. The Morgan fingerprint density at radius 3 is 2.33 bits per heavy atom. The maximum atomic E-state index is 13.5. The molecule has 0 aliphatic rings. The lowest BCUT2D eigenvalue weighted by atomic mass is 10.0. The predicted octanol–water partition coefficient (Wildman–Crippen LogP) is 3.05. The average Bonchev–Trinajstić information content (AvgIpc) is 2.48. The molecule has 5 heteroatoms. The second-order valence-corrected chi connectivity index (χ2v) is 6.82. The molecule has 0 unspecified atom stereocenters. The Morgan fingerprint density at radius 1 is 1.05 bits per heavy atom. The third-order valence-corrected chi connectivity index (χ3v) is 4.58. The average molecular weight is 307 g/mol. The fraction of sp³-hybridized carbons (Fsp3) is 0.250. The molecule has 0 radical (unpaired) electrons. The first-order chi connectivity index (χ1) is 9.98. The molecule has 0 aliphatic heterocycles. The van der Waals surface area contributed by atoms with Crippen LogP contribution in [0.25, 0.3) is 0 Å². The summed E-state index contributed by atoms with van der Waals surface area (Å²) >= 11 is 0. The molecule has 0 bridgehead atoms. The monoisotopic (exact) mass is 307 g/mol. The van der Waals surface area contributed by atoms with Crippen LogP contribution in [-0.4, -0.2) is 15.0 Å². The molecule has 2 rings (SSSR count). The summed E-state index contributed by atoms with van der Waals surface area (Å²) in [6.07, 6.45) is 0. The van der Waals surface area contributed by atoms with Crippen LogP contribution in [0.5, 0.6) is 0 Å². The van der Waals surface area contributed by atoms with Gasteiger partial charge >= 0.3 is 0 Å². The van der Waals surface area contributed by atoms with Crippen LogP contribution in [0.15, 0.2) is 54.6 Å². The van der Waals surface area contributed by atoms with E-state index in [1.54, 1.807) is 6.07 Å². The van der Waals surface area contributed by atoms with Crippen LogP contribution in [0.4, 0.5) is 4.39 Å². The number of nitrogens with one attached hydrogen (secondary N) is 1. The van der Waals surface area contributed by atoms with Gasteiger partial charge in [0.2, 0.25) is 10.0 Å². The van der Waals surface area contributed by atoms with Crippen LogP contribution >= 0.6 is 0 Å². The molecule has 21 heavy (non-hydrogen) atoms. The first-order valence-corrected chi connectivity index (χ1v) is 8.39. The molecule has 1 atom stereocenters. The van der Waals surface area contributed by atoms with E-state index in [0.29, 0.717) is 6.54 Å². The number of hydrogen-bond acceptors (Lipinski definition) is 2. The zero-order valence-electron chi connectivity index (χ0n) is 11.8. The van der Waals surface area contributed by atoms with Gasteiger partial charge in [-0.3, -0.25) is 0 Å². The lowest BCUT2D eigenvalue weighted by molar-refractivity contribution is 0.569. The largest absolute Gasteiger partial charge is 0.215 e. The number of benzene rings is 2. The molecular weight excluding hydrogens is 289 g/mol. The molecule has 0 spiro atoms. The highest BCUT2D eigenvalue weighted by atomic mass is 32.2. The van der Waals surface area contributed by atoms with Crippen molar-refractivity contribution in [3.05, 3.63) is 71.5 Å². The lowest BCUT2D eigenvalue weighted by Gasteiger charge is -2.13. The molecule has 0 aliphatic carbocycles. The van der Waals surface area contributed by atoms with Crippen molar-refractivity contribution in [1.29, 1.82) is 0 Å². The SMILES string of the molecule is C[C@H](CNS(=O)(=O)Cc1ccccc1F)c1ccccc1. The summed E-state index contributed by atoms with van der Waals surface area (Å²) in [5.41, 5.74) is 1.24. The van der Waals surface area contributed by atoms with E-state index < -0.39 is 15.8 Å². The maximum Gasteiger partial charge on any atom is 0.215 e. The van der Waals surface area contributed by atoms with Gasteiger partial charge in [-0.1, -0.05) is 55.5 Å². The van der Waals surface area contributed by atoms with Crippen LogP contribution < -0.4 is 4.72 Å². The van der Waals surface area contributed by atoms with E-state index in [4.69, 9.17) is 0 Å². The van der Waals surface area contributed by atoms with Crippen molar-refractivity contribution in [1.82, 2.24) is 4.72 Å². The zero-order chi connectivity index (χ0) is 15.3. The van der Waals surface area contributed by atoms with Crippen molar-refractivity contribution in [3.63, 3.8) is 0 Å². The molecule has 0 saturated heterocycles. The minimum atomic E-state index is -3.55. The Hall–Kier alpha value is -1.72. The highest BCUT2D eigenvalue weighted by molar-refractivity contribution is 7.88. The van der Waals surface area contributed by atoms with Crippen molar-refractivity contribution in [2.24, 2.45) is 0 Å². The van der Waals surface area contributed by atoms with Gasteiger partial charge in [0.25, 0.3) is 0 Å². The Kier molecular flexibility index (Phi) is 5.09. The van der Waals surface area contributed by atoms with Gasteiger partial charge in [0.05, 0.1) is 5.75 Å². The summed E-state index contributed by atoms with van der Waals surface area (Å²) in [5.74, 6) is -0.790. The molecule has 3 nitrogen and oxygen atoms in total. The topological polar surface area (TPSA) is 46.2 Å². The van der Waals surface area contributed by atoms with Crippen LogP contribution in [0.1, 0.15) is 24.0 Å². The van der Waals surface area contributed by atoms with Gasteiger partial charge < -0.3 is 0 Å². The normalized spacial score (nSPS) is 13.0. The summed E-state index contributed by atoms with van der Waals surface area (Å²) in [6.45, 7) is 2.24. The Labute approximate surface area is 124 Å². The predicted molar refractivity (Wildman–Crippen MR) is 81.9 cm³/mol. The zero-order valence-corrected chi connectivity index (χ0v) is 12.6. The quantitative estimate of drug-likeness (QED) is 0.891.